The van der Waals surface area contributed by atoms with E-state index >= 15 is 0 Å². The molecule has 0 amide bonds. The summed E-state index contributed by atoms with van der Waals surface area (Å²) in [6, 6.07) is 19.7. The first-order chi connectivity index (χ1) is 8.55. The van der Waals surface area contributed by atoms with Crippen LogP contribution >= 0.6 is 0 Å². The standard InChI is InChI=1S/C18H22/c1-18(2,3)17-13-11-16(12-14-17)10-9-15-7-5-4-6-8-15/h4-8,11-14H,9-10H2,1-3H3. The monoisotopic (exact) mass is 238 g/mol. The zero-order chi connectivity index (χ0) is 13.0. The summed E-state index contributed by atoms with van der Waals surface area (Å²) in [5.74, 6) is 0. The zero-order valence-electron chi connectivity index (χ0n) is 11.6. The van der Waals surface area contributed by atoms with E-state index in [1.165, 1.54) is 16.7 Å². The van der Waals surface area contributed by atoms with Crippen molar-refractivity contribution >= 4 is 0 Å². The second kappa shape index (κ2) is 5.39. The lowest BCUT2D eigenvalue weighted by Gasteiger charge is -2.19. The molecule has 0 aliphatic heterocycles. The second-order valence-electron chi connectivity index (χ2n) is 5.93. The molecule has 0 fully saturated rings. The Morgan fingerprint density at radius 2 is 1.17 bits per heavy atom. The average Bonchev–Trinajstić information content (AvgIpc) is 2.37. The first-order valence-electron chi connectivity index (χ1n) is 6.69. The van der Waals surface area contributed by atoms with E-state index in [1.807, 2.05) is 0 Å². The number of hydrogen-bond acceptors (Lipinski definition) is 0. The van der Waals surface area contributed by atoms with E-state index in [4.69, 9.17) is 0 Å². The molecular weight excluding hydrogens is 216 g/mol. The molecule has 2 rings (SSSR count). The molecular formula is C18H22. The smallest absolute Gasteiger partial charge is 0.0132 e. The van der Waals surface area contributed by atoms with Crippen LogP contribution in [-0.4, -0.2) is 0 Å². The third-order valence-corrected chi connectivity index (χ3v) is 3.37. The van der Waals surface area contributed by atoms with Crippen LogP contribution in [0.4, 0.5) is 0 Å². The largest absolute Gasteiger partial charge is 0.0622 e. The molecule has 0 aliphatic carbocycles. The van der Waals surface area contributed by atoms with E-state index in [2.05, 4.69) is 75.4 Å². The fourth-order valence-electron chi connectivity index (χ4n) is 2.10. The lowest BCUT2D eigenvalue weighted by molar-refractivity contribution is 0.590. The summed E-state index contributed by atoms with van der Waals surface area (Å²) in [7, 11) is 0. The molecule has 0 atom stereocenters. The molecule has 94 valence electrons. The highest BCUT2D eigenvalue weighted by Gasteiger charge is 2.12. The predicted molar refractivity (Wildman–Crippen MR) is 79.0 cm³/mol. The van der Waals surface area contributed by atoms with Crippen molar-refractivity contribution in [3.05, 3.63) is 71.3 Å². The Labute approximate surface area is 111 Å². The Morgan fingerprint density at radius 1 is 0.667 bits per heavy atom. The molecule has 2 aromatic carbocycles. The van der Waals surface area contributed by atoms with Gasteiger partial charge in [-0.1, -0.05) is 75.4 Å². The Hall–Kier alpha value is -1.56. The Kier molecular flexibility index (Phi) is 3.86. The maximum atomic E-state index is 2.27. The Balaban J connectivity index is 1.99. The molecule has 0 N–H and O–H groups in total. The van der Waals surface area contributed by atoms with Gasteiger partial charge in [-0.3, -0.25) is 0 Å². The molecule has 0 heteroatoms. The van der Waals surface area contributed by atoms with E-state index < -0.39 is 0 Å². The van der Waals surface area contributed by atoms with Crippen molar-refractivity contribution in [3.63, 3.8) is 0 Å². The normalized spacial score (nSPS) is 11.5. The number of hydrogen-bond donors (Lipinski definition) is 0. The van der Waals surface area contributed by atoms with Crippen LogP contribution in [0.5, 0.6) is 0 Å². The lowest BCUT2D eigenvalue weighted by atomic mass is 9.86. The summed E-state index contributed by atoms with van der Waals surface area (Å²) < 4.78 is 0. The maximum Gasteiger partial charge on any atom is -0.0132 e. The van der Waals surface area contributed by atoms with Crippen molar-refractivity contribution in [3.8, 4) is 0 Å². The van der Waals surface area contributed by atoms with Crippen LogP contribution in [0.3, 0.4) is 0 Å². The second-order valence-corrected chi connectivity index (χ2v) is 5.93. The van der Waals surface area contributed by atoms with E-state index in [0.29, 0.717) is 0 Å². The SMILES string of the molecule is CC(C)(C)c1ccc(CCc2ccccc2)cc1. The van der Waals surface area contributed by atoms with Crippen LogP contribution in [0.1, 0.15) is 37.5 Å². The predicted octanol–water partition coefficient (Wildman–Crippen LogP) is 4.77. The van der Waals surface area contributed by atoms with Crippen molar-refractivity contribution in [2.45, 2.75) is 39.0 Å². The maximum absolute atomic E-state index is 2.27. The molecule has 18 heavy (non-hydrogen) atoms. The van der Waals surface area contributed by atoms with Gasteiger partial charge in [0.1, 0.15) is 0 Å². The third kappa shape index (κ3) is 3.46. The van der Waals surface area contributed by atoms with E-state index in [0.717, 1.165) is 12.8 Å². The quantitative estimate of drug-likeness (QED) is 0.722. The molecule has 0 saturated carbocycles. The van der Waals surface area contributed by atoms with Crippen LogP contribution in [0.2, 0.25) is 0 Å². The van der Waals surface area contributed by atoms with Crippen LogP contribution in [0, 0.1) is 0 Å². The summed E-state index contributed by atoms with van der Waals surface area (Å²) in [6.07, 6.45) is 2.24. The zero-order valence-corrected chi connectivity index (χ0v) is 11.6. The first-order valence-corrected chi connectivity index (χ1v) is 6.69. The molecule has 0 aliphatic rings. The van der Waals surface area contributed by atoms with Crippen LogP contribution in [-0.2, 0) is 18.3 Å². The van der Waals surface area contributed by atoms with Gasteiger partial charge in [0.25, 0.3) is 0 Å². The highest BCUT2D eigenvalue weighted by molar-refractivity contribution is 5.28. The third-order valence-electron chi connectivity index (χ3n) is 3.37. The molecule has 0 radical (unpaired) electrons. The van der Waals surface area contributed by atoms with E-state index in [9.17, 15) is 0 Å². The minimum absolute atomic E-state index is 0.248. The number of aryl methyl sites for hydroxylation is 2. The van der Waals surface area contributed by atoms with Gasteiger partial charge in [-0.15, -0.1) is 0 Å². The molecule has 0 nitrogen and oxygen atoms in total. The van der Waals surface area contributed by atoms with Gasteiger partial charge in [0.15, 0.2) is 0 Å². The number of benzene rings is 2. The highest BCUT2D eigenvalue weighted by Crippen LogP contribution is 2.22. The fraction of sp³-hybridized carbons (Fsp3) is 0.333. The molecule has 0 aromatic heterocycles. The van der Waals surface area contributed by atoms with Gasteiger partial charge in [0, 0.05) is 0 Å². The topological polar surface area (TPSA) is 0 Å². The van der Waals surface area contributed by atoms with Gasteiger partial charge in [0.2, 0.25) is 0 Å². The van der Waals surface area contributed by atoms with Gasteiger partial charge < -0.3 is 0 Å². The van der Waals surface area contributed by atoms with Crippen LogP contribution in [0.15, 0.2) is 54.6 Å². The van der Waals surface area contributed by atoms with Gasteiger partial charge in [0.05, 0.1) is 0 Å². The minimum atomic E-state index is 0.248. The Morgan fingerprint density at radius 3 is 1.67 bits per heavy atom. The van der Waals surface area contributed by atoms with Gasteiger partial charge in [-0.2, -0.15) is 0 Å². The van der Waals surface area contributed by atoms with Crippen LogP contribution < -0.4 is 0 Å². The molecule has 0 bridgehead atoms. The van der Waals surface area contributed by atoms with E-state index in [1.54, 1.807) is 0 Å². The fourth-order valence-corrected chi connectivity index (χ4v) is 2.10. The van der Waals surface area contributed by atoms with Crippen molar-refractivity contribution in [1.82, 2.24) is 0 Å². The summed E-state index contributed by atoms with van der Waals surface area (Å²) in [5, 5.41) is 0. The summed E-state index contributed by atoms with van der Waals surface area (Å²) in [4.78, 5) is 0. The molecule has 0 unspecified atom stereocenters. The summed E-state index contributed by atoms with van der Waals surface area (Å²) in [6.45, 7) is 6.77. The van der Waals surface area contributed by atoms with Gasteiger partial charge >= 0.3 is 0 Å². The van der Waals surface area contributed by atoms with Gasteiger partial charge in [-0.05, 0) is 34.9 Å². The van der Waals surface area contributed by atoms with Crippen molar-refractivity contribution in [2.75, 3.05) is 0 Å². The van der Waals surface area contributed by atoms with Crippen molar-refractivity contribution in [1.29, 1.82) is 0 Å². The van der Waals surface area contributed by atoms with Crippen molar-refractivity contribution < 1.29 is 0 Å². The average molecular weight is 238 g/mol. The van der Waals surface area contributed by atoms with Gasteiger partial charge in [-0.25, -0.2) is 0 Å². The lowest BCUT2D eigenvalue weighted by Crippen LogP contribution is -2.10. The minimum Gasteiger partial charge on any atom is -0.0622 e. The molecule has 0 spiro atoms. The molecule has 0 heterocycles. The van der Waals surface area contributed by atoms with Crippen LogP contribution in [0.25, 0.3) is 0 Å². The Bertz CT molecular complexity index is 472. The highest BCUT2D eigenvalue weighted by atomic mass is 14.2. The first kappa shape index (κ1) is 12.9. The van der Waals surface area contributed by atoms with Crippen molar-refractivity contribution in [2.24, 2.45) is 0 Å². The number of rotatable bonds is 3. The van der Waals surface area contributed by atoms with E-state index in [-0.39, 0.29) is 5.41 Å². The summed E-state index contributed by atoms with van der Waals surface area (Å²) in [5.41, 5.74) is 4.49. The molecule has 2 aromatic rings. The molecule has 0 saturated heterocycles. The summed E-state index contributed by atoms with van der Waals surface area (Å²) >= 11 is 0.